The normalized spacial score (nSPS) is 9.29. The topological polar surface area (TPSA) is 80.4 Å². The monoisotopic (exact) mass is 253 g/mol. The highest BCUT2D eigenvalue weighted by atomic mass is 35.5. The first kappa shape index (κ1) is 13.0. The predicted octanol–water partition coefficient (Wildman–Crippen LogP) is 2.25. The molecule has 6 heteroatoms. The molecule has 0 saturated carbocycles. The van der Waals surface area contributed by atoms with Crippen molar-refractivity contribution in [2.24, 2.45) is 0 Å². The van der Waals surface area contributed by atoms with Gasteiger partial charge in [0.15, 0.2) is 0 Å². The van der Waals surface area contributed by atoms with E-state index < -0.39 is 10.9 Å². The van der Waals surface area contributed by atoms with Crippen LogP contribution in [0.1, 0.15) is 18.1 Å². The van der Waals surface area contributed by atoms with Crippen molar-refractivity contribution in [2.75, 3.05) is 0 Å². The van der Waals surface area contributed by atoms with Crippen LogP contribution in [0.4, 0.5) is 5.69 Å². The Morgan fingerprint density at radius 1 is 1.59 bits per heavy atom. The van der Waals surface area contributed by atoms with Crippen LogP contribution in [0.3, 0.4) is 0 Å². The number of hydrogen-bond acceptors (Lipinski definition) is 3. The van der Waals surface area contributed by atoms with E-state index in [1.54, 1.807) is 6.92 Å². The molecule has 0 radical (unpaired) electrons. The summed E-state index contributed by atoms with van der Waals surface area (Å²) in [4.78, 5) is 20.5. The molecule has 5 nitrogen and oxygen atoms in total. The Balaban J connectivity index is 3.36. The lowest BCUT2D eigenvalue weighted by molar-refractivity contribution is -0.385. The van der Waals surface area contributed by atoms with Gasteiger partial charge in [0, 0.05) is 23.1 Å². The average Bonchev–Trinajstić information content (AvgIpc) is 2.26. The van der Waals surface area contributed by atoms with Gasteiger partial charge in [0.1, 0.15) is 0 Å². The summed E-state index contributed by atoms with van der Waals surface area (Å²) < 4.78 is 0. The summed E-state index contributed by atoms with van der Waals surface area (Å²) >= 11 is 5.94. The molecule has 1 rings (SSSR count). The van der Waals surface area contributed by atoms with Gasteiger partial charge in [-0.05, 0) is 12.5 Å². The van der Waals surface area contributed by atoms with Crippen molar-refractivity contribution in [1.82, 2.24) is 0 Å². The molecule has 0 atom stereocenters. The second-order valence-electron chi connectivity index (χ2n) is 3.09. The molecule has 0 aliphatic carbocycles. The maximum atomic E-state index is 10.7. The van der Waals surface area contributed by atoms with Crippen molar-refractivity contribution in [3.63, 3.8) is 0 Å². The fourth-order valence-electron chi connectivity index (χ4n) is 1.34. The Bertz CT molecular complexity index is 542. The van der Waals surface area contributed by atoms with Crippen LogP contribution in [-0.4, -0.2) is 16.0 Å². The Labute approximate surface area is 102 Å². The van der Waals surface area contributed by atoms with Crippen LogP contribution in [0.2, 0.25) is 5.02 Å². The molecular formula is C11H8ClNO4. The molecule has 0 fully saturated rings. The average molecular weight is 254 g/mol. The number of carboxylic acid groups (broad SMARTS) is 1. The number of benzene rings is 1. The predicted molar refractivity (Wildman–Crippen MR) is 62.0 cm³/mol. The van der Waals surface area contributed by atoms with Gasteiger partial charge in [-0.25, -0.2) is 4.79 Å². The molecule has 0 aliphatic rings. The maximum Gasteiger partial charge on any atom is 0.382 e. The highest BCUT2D eigenvalue weighted by Crippen LogP contribution is 2.29. The summed E-state index contributed by atoms with van der Waals surface area (Å²) in [5, 5.41) is 19.3. The zero-order chi connectivity index (χ0) is 13.0. The van der Waals surface area contributed by atoms with Crippen molar-refractivity contribution >= 4 is 23.3 Å². The summed E-state index contributed by atoms with van der Waals surface area (Å²) in [7, 11) is 0. The van der Waals surface area contributed by atoms with Crippen molar-refractivity contribution in [3.05, 3.63) is 38.4 Å². The van der Waals surface area contributed by atoms with Crippen molar-refractivity contribution in [1.29, 1.82) is 0 Å². The molecule has 0 aliphatic heterocycles. The number of nitro groups is 1. The maximum absolute atomic E-state index is 10.7. The van der Waals surface area contributed by atoms with E-state index in [-0.39, 0.29) is 16.3 Å². The van der Waals surface area contributed by atoms with Crippen LogP contribution < -0.4 is 0 Å². The largest absolute Gasteiger partial charge is 0.472 e. The third-order valence-electron chi connectivity index (χ3n) is 2.07. The number of carboxylic acids is 1. The molecule has 88 valence electrons. The Morgan fingerprint density at radius 3 is 2.71 bits per heavy atom. The van der Waals surface area contributed by atoms with E-state index in [4.69, 9.17) is 16.7 Å². The smallest absolute Gasteiger partial charge is 0.382 e. The molecule has 0 saturated heterocycles. The van der Waals surface area contributed by atoms with Crippen molar-refractivity contribution in [3.8, 4) is 11.8 Å². The van der Waals surface area contributed by atoms with E-state index in [1.807, 2.05) is 5.92 Å². The van der Waals surface area contributed by atoms with Crippen LogP contribution in [0.5, 0.6) is 0 Å². The van der Waals surface area contributed by atoms with Gasteiger partial charge >= 0.3 is 5.97 Å². The first-order valence-corrected chi connectivity index (χ1v) is 5.05. The van der Waals surface area contributed by atoms with E-state index in [1.165, 1.54) is 12.1 Å². The molecule has 0 amide bonds. The summed E-state index contributed by atoms with van der Waals surface area (Å²) in [5.41, 5.74) is 0.545. The fraction of sp³-hybridized carbons (Fsp3) is 0.182. The Hall–Kier alpha value is -2.06. The Kier molecular flexibility index (Phi) is 4.07. The Morgan fingerprint density at radius 2 is 2.24 bits per heavy atom. The molecule has 1 aromatic carbocycles. The number of hydrogen-bond donors (Lipinski definition) is 1. The molecular weight excluding hydrogens is 246 g/mol. The van der Waals surface area contributed by atoms with Gasteiger partial charge in [-0.2, -0.15) is 0 Å². The quantitative estimate of drug-likeness (QED) is 0.498. The van der Waals surface area contributed by atoms with Crippen molar-refractivity contribution in [2.45, 2.75) is 13.3 Å². The standard InChI is InChI=1S/C11H8ClNO4/c1-2-8-9(13(16)17)5-3-7(11(8)12)4-6-10(14)15/h3,5H,2H2,1H3,(H,14,15). The number of nitro benzene ring substituents is 1. The minimum Gasteiger partial charge on any atom is -0.472 e. The highest BCUT2D eigenvalue weighted by Gasteiger charge is 2.17. The van der Waals surface area contributed by atoms with E-state index in [0.29, 0.717) is 12.0 Å². The van der Waals surface area contributed by atoms with Crippen LogP contribution in [0.25, 0.3) is 0 Å². The molecule has 1 N–H and O–H groups in total. The molecule has 0 spiro atoms. The van der Waals surface area contributed by atoms with Crippen LogP contribution in [0.15, 0.2) is 12.1 Å². The van der Waals surface area contributed by atoms with E-state index in [0.717, 1.165) is 0 Å². The lowest BCUT2D eigenvalue weighted by atomic mass is 10.1. The summed E-state index contributed by atoms with van der Waals surface area (Å²) in [6.07, 6.45) is 0.373. The van der Waals surface area contributed by atoms with Gasteiger partial charge < -0.3 is 5.11 Å². The third-order valence-corrected chi connectivity index (χ3v) is 2.50. The van der Waals surface area contributed by atoms with Gasteiger partial charge in [-0.15, -0.1) is 0 Å². The van der Waals surface area contributed by atoms with Gasteiger partial charge in [-0.3, -0.25) is 10.1 Å². The molecule has 0 unspecified atom stereocenters. The van der Waals surface area contributed by atoms with E-state index in [2.05, 4.69) is 5.92 Å². The van der Waals surface area contributed by atoms with Gasteiger partial charge in [-0.1, -0.05) is 24.4 Å². The summed E-state index contributed by atoms with van der Waals surface area (Å²) in [6, 6.07) is 2.62. The minimum atomic E-state index is -1.28. The molecule has 1 aromatic rings. The summed E-state index contributed by atoms with van der Waals surface area (Å²) in [5.74, 6) is 2.98. The van der Waals surface area contributed by atoms with Crippen LogP contribution in [-0.2, 0) is 11.2 Å². The number of aliphatic carboxylic acids is 1. The van der Waals surface area contributed by atoms with Crippen LogP contribution in [0, 0.1) is 22.0 Å². The number of halogens is 1. The zero-order valence-corrected chi connectivity index (χ0v) is 9.61. The molecule has 0 bridgehead atoms. The second-order valence-corrected chi connectivity index (χ2v) is 3.47. The first-order chi connectivity index (χ1) is 7.97. The number of rotatable bonds is 2. The SMILES string of the molecule is CCc1c([N+](=O)[O-])ccc(C#CC(=O)O)c1Cl. The van der Waals surface area contributed by atoms with E-state index in [9.17, 15) is 14.9 Å². The third kappa shape index (κ3) is 2.95. The summed E-state index contributed by atoms with van der Waals surface area (Å²) in [6.45, 7) is 1.72. The highest BCUT2D eigenvalue weighted by molar-refractivity contribution is 6.32. The van der Waals surface area contributed by atoms with Gasteiger partial charge in [0.2, 0.25) is 0 Å². The lowest BCUT2D eigenvalue weighted by Crippen LogP contribution is -1.97. The van der Waals surface area contributed by atoms with Gasteiger partial charge in [0.25, 0.3) is 5.69 Å². The number of nitrogens with zero attached hydrogens (tertiary/aromatic N) is 1. The van der Waals surface area contributed by atoms with Crippen molar-refractivity contribution < 1.29 is 14.8 Å². The first-order valence-electron chi connectivity index (χ1n) is 4.68. The van der Waals surface area contributed by atoms with Gasteiger partial charge in [0.05, 0.1) is 9.95 Å². The fourth-order valence-corrected chi connectivity index (χ4v) is 1.68. The second kappa shape index (κ2) is 5.32. The van der Waals surface area contributed by atoms with Crippen LogP contribution >= 0.6 is 11.6 Å². The molecule has 0 aromatic heterocycles. The van der Waals surface area contributed by atoms with E-state index >= 15 is 0 Å². The molecule has 0 heterocycles. The number of carbonyl (C=O) groups is 1. The lowest BCUT2D eigenvalue weighted by Gasteiger charge is -2.04. The zero-order valence-electron chi connectivity index (χ0n) is 8.86. The molecule has 17 heavy (non-hydrogen) atoms. The minimum absolute atomic E-state index is 0.0848.